The maximum Gasteiger partial charge on any atom is 0.338 e. The molecular weight excluding hydrogens is 456 g/mol. The first-order chi connectivity index (χ1) is 17.3. The van der Waals surface area contributed by atoms with E-state index in [1.165, 1.54) is 12.7 Å². The highest BCUT2D eigenvalue weighted by Crippen LogP contribution is 2.21. The standard InChI is InChI=1S/C29H38N2O5/c1-6-17-31-25(21-30(28(31)33)20-24-10-8-22(3)9-11-24)16-18-36-26-14-12-23(13-15-26)19-29(4,34-5)27(32)35-7-2/h8-15,21H,6-7,16-20H2,1-5H3. The molecule has 3 aromatic rings. The molecule has 36 heavy (non-hydrogen) atoms. The van der Waals surface area contributed by atoms with Gasteiger partial charge in [-0.1, -0.05) is 48.9 Å². The monoisotopic (exact) mass is 494 g/mol. The number of carbonyl (C=O) groups is 1. The Balaban J connectivity index is 1.62. The van der Waals surface area contributed by atoms with Crippen molar-refractivity contribution in [2.45, 2.75) is 65.6 Å². The zero-order valence-electron chi connectivity index (χ0n) is 22.1. The summed E-state index contributed by atoms with van der Waals surface area (Å²) in [5, 5.41) is 0. The van der Waals surface area contributed by atoms with Crippen LogP contribution in [0.2, 0.25) is 0 Å². The molecule has 0 aliphatic rings. The van der Waals surface area contributed by atoms with Crippen molar-refractivity contribution in [2.75, 3.05) is 20.3 Å². The quantitative estimate of drug-likeness (QED) is 0.326. The van der Waals surface area contributed by atoms with Crippen LogP contribution in [0.15, 0.2) is 59.5 Å². The third-order valence-corrected chi connectivity index (χ3v) is 6.30. The van der Waals surface area contributed by atoms with E-state index in [0.29, 0.717) is 39.1 Å². The summed E-state index contributed by atoms with van der Waals surface area (Å²) in [6.07, 6.45) is 3.87. The number of nitrogens with zero attached hydrogens (tertiary/aromatic N) is 2. The van der Waals surface area contributed by atoms with E-state index in [4.69, 9.17) is 14.2 Å². The first-order valence-electron chi connectivity index (χ1n) is 12.6. The van der Waals surface area contributed by atoms with E-state index in [9.17, 15) is 9.59 Å². The number of aromatic nitrogens is 2. The second kappa shape index (κ2) is 12.6. The summed E-state index contributed by atoms with van der Waals surface area (Å²) in [6.45, 7) is 9.64. The fraction of sp³-hybridized carbons (Fsp3) is 0.448. The Bertz CT molecular complexity index is 1180. The SMILES string of the molecule is CCCn1c(CCOc2ccc(CC(C)(OC)C(=O)OCC)cc2)cn(Cc2ccc(C)cc2)c1=O. The molecule has 7 heteroatoms. The van der Waals surface area contributed by atoms with Crippen LogP contribution in [0.1, 0.15) is 49.6 Å². The number of esters is 1. The lowest BCUT2D eigenvalue weighted by atomic mass is 9.96. The van der Waals surface area contributed by atoms with E-state index in [-0.39, 0.29) is 11.7 Å². The summed E-state index contributed by atoms with van der Waals surface area (Å²) in [5.41, 5.74) is 3.20. The third kappa shape index (κ3) is 6.88. The van der Waals surface area contributed by atoms with Gasteiger partial charge in [-0.2, -0.15) is 0 Å². The molecule has 1 atom stereocenters. The number of hydrogen-bond acceptors (Lipinski definition) is 5. The van der Waals surface area contributed by atoms with E-state index < -0.39 is 5.60 Å². The second-order valence-corrected chi connectivity index (χ2v) is 9.24. The molecule has 0 saturated heterocycles. The summed E-state index contributed by atoms with van der Waals surface area (Å²) >= 11 is 0. The maximum atomic E-state index is 13.0. The van der Waals surface area contributed by atoms with E-state index in [1.807, 2.05) is 35.0 Å². The first kappa shape index (κ1) is 27.3. The van der Waals surface area contributed by atoms with Crippen molar-refractivity contribution >= 4 is 5.97 Å². The molecule has 0 fully saturated rings. The number of benzene rings is 2. The van der Waals surface area contributed by atoms with Crippen molar-refractivity contribution < 1.29 is 19.0 Å². The van der Waals surface area contributed by atoms with Crippen LogP contribution in [0.3, 0.4) is 0 Å². The van der Waals surface area contributed by atoms with Crippen molar-refractivity contribution in [3.8, 4) is 5.75 Å². The predicted octanol–water partition coefficient (Wildman–Crippen LogP) is 4.55. The van der Waals surface area contributed by atoms with Gasteiger partial charge in [0.05, 0.1) is 19.8 Å². The maximum absolute atomic E-state index is 13.0. The molecule has 0 aliphatic heterocycles. The Morgan fingerprint density at radius 3 is 2.28 bits per heavy atom. The van der Waals surface area contributed by atoms with Crippen LogP contribution in [0.4, 0.5) is 0 Å². The molecule has 3 rings (SSSR count). The molecule has 1 aromatic heterocycles. The lowest BCUT2D eigenvalue weighted by molar-refractivity contribution is -0.166. The minimum absolute atomic E-state index is 0.0135. The number of hydrogen-bond donors (Lipinski definition) is 0. The highest BCUT2D eigenvalue weighted by Gasteiger charge is 2.35. The minimum atomic E-state index is -1.03. The van der Waals surface area contributed by atoms with E-state index in [0.717, 1.165) is 29.0 Å². The number of ether oxygens (including phenoxy) is 3. The molecule has 0 spiro atoms. The summed E-state index contributed by atoms with van der Waals surface area (Å²) in [5.74, 6) is 0.359. The zero-order valence-corrected chi connectivity index (χ0v) is 22.1. The van der Waals surface area contributed by atoms with Crippen molar-refractivity contribution in [3.05, 3.63) is 87.6 Å². The van der Waals surface area contributed by atoms with Gasteiger partial charge in [0.1, 0.15) is 5.75 Å². The Morgan fingerprint density at radius 2 is 1.67 bits per heavy atom. The van der Waals surface area contributed by atoms with Gasteiger partial charge in [0.25, 0.3) is 0 Å². The van der Waals surface area contributed by atoms with Gasteiger partial charge in [-0.3, -0.25) is 9.13 Å². The third-order valence-electron chi connectivity index (χ3n) is 6.30. The van der Waals surface area contributed by atoms with E-state index >= 15 is 0 Å². The highest BCUT2D eigenvalue weighted by atomic mass is 16.6. The second-order valence-electron chi connectivity index (χ2n) is 9.24. The molecule has 0 N–H and O–H groups in total. The van der Waals surface area contributed by atoms with Crippen molar-refractivity contribution in [2.24, 2.45) is 0 Å². The van der Waals surface area contributed by atoms with Crippen molar-refractivity contribution in [1.82, 2.24) is 9.13 Å². The number of methoxy groups -OCH3 is 1. The van der Waals surface area contributed by atoms with Gasteiger partial charge in [0, 0.05) is 38.4 Å². The van der Waals surface area contributed by atoms with Crippen LogP contribution in [0.25, 0.3) is 0 Å². The van der Waals surface area contributed by atoms with Crippen LogP contribution in [-0.2, 0) is 40.2 Å². The number of carbonyl (C=O) groups excluding carboxylic acids is 1. The van der Waals surface area contributed by atoms with Crippen LogP contribution in [0, 0.1) is 6.92 Å². The Kier molecular flexibility index (Phi) is 9.53. The fourth-order valence-corrected chi connectivity index (χ4v) is 4.13. The topological polar surface area (TPSA) is 71.7 Å². The Labute approximate surface area is 213 Å². The molecule has 2 aromatic carbocycles. The van der Waals surface area contributed by atoms with E-state index in [1.54, 1.807) is 18.4 Å². The van der Waals surface area contributed by atoms with Gasteiger partial charge in [0.15, 0.2) is 5.60 Å². The van der Waals surface area contributed by atoms with Gasteiger partial charge in [-0.25, -0.2) is 9.59 Å². The fourth-order valence-electron chi connectivity index (χ4n) is 4.13. The molecule has 7 nitrogen and oxygen atoms in total. The van der Waals surface area contributed by atoms with E-state index in [2.05, 4.69) is 38.1 Å². The molecule has 1 unspecified atom stereocenters. The lowest BCUT2D eigenvalue weighted by Gasteiger charge is -2.25. The number of rotatable bonds is 13. The lowest BCUT2D eigenvalue weighted by Crippen LogP contribution is -2.41. The Morgan fingerprint density at radius 1 is 1.00 bits per heavy atom. The summed E-state index contributed by atoms with van der Waals surface area (Å²) < 4.78 is 20.2. The van der Waals surface area contributed by atoms with Crippen LogP contribution in [0.5, 0.6) is 5.75 Å². The van der Waals surface area contributed by atoms with Gasteiger partial charge in [-0.05, 0) is 50.5 Å². The Hall–Kier alpha value is -3.32. The first-order valence-corrected chi connectivity index (χ1v) is 12.6. The van der Waals surface area contributed by atoms with Crippen LogP contribution < -0.4 is 10.4 Å². The summed E-state index contributed by atoms with van der Waals surface area (Å²) in [4.78, 5) is 25.3. The van der Waals surface area contributed by atoms with Crippen LogP contribution in [-0.4, -0.2) is 41.0 Å². The van der Waals surface area contributed by atoms with Gasteiger partial charge in [0.2, 0.25) is 0 Å². The summed E-state index contributed by atoms with van der Waals surface area (Å²) in [7, 11) is 1.51. The predicted molar refractivity (Wildman–Crippen MR) is 141 cm³/mol. The molecule has 0 aliphatic carbocycles. The molecule has 1 heterocycles. The number of aryl methyl sites for hydroxylation is 1. The summed E-state index contributed by atoms with van der Waals surface area (Å²) in [6, 6.07) is 15.9. The van der Waals surface area contributed by atoms with Crippen molar-refractivity contribution in [1.29, 1.82) is 0 Å². The molecule has 0 amide bonds. The van der Waals surface area contributed by atoms with Gasteiger partial charge < -0.3 is 14.2 Å². The van der Waals surface area contributed by atoms with Crippen molar-refractivity contribution in [3.63, 3.8) is 0 Å². The van der Waals surface area contributed by atoms with Crippen LogP contribution >= 0.6 is 0 Å². The van der Waals surface area contributed by atoms with Gasteiger partial charge in [-0.15, -0.1) is 0 Å². The zero-order chi connectivity index (χ0) is 26.1. The minimum Gasteiger partial charge on any atom is -0.493 e. The average Bonchev–Trinajstić information content (AvgIpc) is 3.16. The molecular formula is C29H38N2O5. The highest BCUT2D eigenvalue weighted by molar-refractivity contribution is 5.79. The molecule has 0 bridgehead atoms. The molecule has 0 saturated carbocycles. The average molecular weight is 495 g/mol. The molecule has 0 radical (unpaired) electrons. The normalized spacial score (nSPS) is 12.8. The smallest absolute Gasteiger partial charge is 0.338 e. The largest absolute Gasteiger partial charge is 0.493 e. The van der Waals surface area contributed by atoms with Gasteiger partial charge >= 0.3 is 11.7 Å². The number of imidazole rings is 1. The molecule has 194 valence electrons.